The van der Waals surface area contributed by atoms with Gasteiger partial charge >= 0.3 is 0 Å². The molecule has 0 heterocycles. The Morgan fingerprint density at radius 1 is 1.19 bits per heavy atom. The third-order valence-corrected chi connectivity index (χ3v) is 3.13. The van der Waals surface area contributed by atoms with E-state index in [1.165, 1.54) is 11.1 Å². The van der Waals surface area contributed by atoms with Gasteiger partial charge in [0.1, 0.15) is 5.75 Å². The first-order valence-electron chi connectivity index (χ1n) is 6.68. The minimum atomic E-state index is -0.504. The van der Waals surface area contributed by atoms with E-state index in [2.05, 4.69) is 18.8 Å². The fourth-order valence-corrected chi connectivity index (χ4v) is 1.82. The van der Waals surface area contributed by atoms with Gasteiger partial charge in [0.2, 0.25) is 0 Å². The van der Waals surface area contributed by atoms with Crippen molar-refractivity contribution in [3.63, 3.8) is 0 Å². The molecule has 0 radical (unpaired) electrons. The second kappa shape index (κ2) is 6.70. The highest BCUT2D eigenvalue weighted by atomic mass is 16.5. The molecule has 4 nitrogen and oxygen atoms in total. The van der Waals surface area contributed by atoms with E-state index in [0.29, 0.717) is 5.75 Å². The zero-order valence-corrected chi connectivity index (χ0v) is 12.2. The Kier molecular flexibility index (Phi) is 4.72. The van der Waals surface area contributed by atoms with Gasteiger partial charge in [-0.05, 0) is 49.2 Å². The summed E-state index contributed by atoms with van der Waals surface area (Å²) in [5, 5.41) is 0. The molecule has 0 saturated carbocycles. The van der Waals surface area contributed by atoms with Gasteiger partial charge in [-0.2, -0.15) is 0 Å². The van der Waals surface area contributed by atoms with Crippen LogP contribution in [-0.2, 0) is 4.79 Å². The van der Waals surface area contributed by atoms with Gasteiger partial charge in [-0.15, -0.1) is 0 Å². The molecular formula is C17H18N2O2. The molecule has 0 bridgehead atoms. The Morgan fingerprint density at radius 3 is 2.67 bits per heavy atom. The fraction of sp³-hybridized carbons (Fsp3) is 0.176. The van der Waals surface area contributed by atoms with Crippen LogP contribution in [0.25, 0.3) is 0 Å². The molecule has 2 rings (SSSR count). The average Bonchev–Trinajstić information content (AvgIpc) is 2.47. The summed E-state index contributed by atoms with van der Waals surface area (Å²) in [5.74, 6) is 0.0831. The van der Waals surface area contributed by atoms with Crippen molar-refractivity contribution in [2.75, 3.05) is 6.61 Å². The first-order chi connectivity index (χ1) is 10.1. The Hall–Kier alpha value is -2.62. The predicted octanol–water partition coefficient (Wildman–Crippen LogP) is 2.92. The zero-order chi connectivity index (χ0) is 15.2. The quantitative estimate of drug-likeness (QED) is 0.857. The van der Waals surface area contributed by atoms with Crippen LogP contribution in [0, 0.1) is 13.8 Å². The van der Waals surface area contributed by atoms with Gasteiger partial charge in [0.25, 0.3) is 5.91 Å². The first-order valence-corrected chi connectivity index (χ1v) is 6.68. The second-order valence-corrected chi connectivity index (χ2v) is 4.82. The van der Waals surface area contributed by atoms with E-state index in [4.69, 9.17) is 10.5 Å². The number of amides is 1. The highest BCUT2D eigenvalue weighted by Crippen LogP contribution is 2.20. The van der Waals surface area contributed by atoms with Crippen LogP contribution in [0.1, 0.15) is 16.7 Å². The predicted molar refractivity (Wildman–Crippen MR) is 84.3 cm³/mol. The first kappa shape index (κ1) is 14.8. The number of nitrogens with zero attached hydrogens (tertiary/aromatic N) is 1. The number of aryl methyl sites for hydroxylation is 2. The van der Waals surface area contributed by atoms with Crippen molar-refractivity contribution in [1.82, 2.24) is 0 Å². The summed E-state index contributed by atoms with van der Waals surface area (Å²) in [7, 11) is 0. The molecule has 108 valence electrons. The van der Waals surface area contributed by atoms with Crippen molar-refractivity contribution in [3.05, 3.63) is 59.2 Å². The minimum absolute atomic E-state index is 0.144. The molecule has 0 unspecified atom stereocenters. The molecule has 0 aromatic heterocycles. The SMILES string of the molecule is Cc1ccc(N=Cc2ccccc2OCC(N)=O)cc1C. The van der Waals surface area contributed by atoms with Gasteiger partial charge in [-0.1, -0.05) is 18.2 Å². The number of carbonyl (C=O) groups is 1. The normalized spacial score (nSPS) is 10.8. The lowest BCUT2D eigenvalue weighted by Crippen LogP contribution is -2.20. The standard InChI is InChI=1S/C17H18N2O2/c1-12-7-8-15(9-13(12)2)19-10-14-5-3-4-6-16(14)21-11-17(18)20/h3-10H,11H2,1-2H3,(H2,18,20). The molecule has 0 spiro atoms. The van der Waals surface area contributed by atoms with Crippen molar-refractivity contribution in [2.24, 2.45) is 10.7 Å². The van der Waals surface area contributed by atoms with Crippen LogP contribution in [0.4, 0.5) is 5.69 Å². The van der Waals surface area contributed by atoms with Crippen LogP contribution in [0.3, 0.4) is 0 Å². The molecule has 0 aliphatic rings. The number of carbonyl (C=O) groups excluding carboxylic acids is 1. The summed E-state index contributed by atoms with van der Waals surface area (Å²) in [4.78, 5) is 15.2. The number of para-hydroxylation sites is 1. The molecule has 21 heavy (non-hydrogen) atoms. The Bertz CT molecular complexity index is 678. The van der Waals surface area contributed by atoms with Crippen molar-refractivity contribution in [2.45, 2.75) is 13.8 Å². The Morgan fingerprint density at radius 2 is 1.95 bits per heavy atom. The molecule has 1 amide bonds. The van der Waals surface area contributed by atoms with Gasteiger partial charge in [0.15, 0.2) is 6.61 Å². The largest absolute Gasteiger partial charge is 0.483 e. The zero-order valence-electron chi connectivity index (χ0n) is 12.2. The lowest BCUT2D eigenvalue weighted by molar-refractivity contribution is -0.119. The summed E-state index contributed by atoms with van der Waals surface area (Å²) in [5.41, 5.74) is 9.20. The third kappa shape index (κ3) is 4.18. The van der Waals surface area contributed by atoms with Crippen molar-refractivity contribution < 1.29 is 9.53 Å². The second-order valence-electron chi connectivity index (χ2n) is 4.82. The molecule has 2 N–H and O–H groups in total. The lowest BCUT2D eigenvalue weighted by Gasteiger charge is -2.06. The van der Waals surface area contributed by atoms with Gasteiger partial charge < -0.3 is 10.5 Å². The summed E-state index contributed by atoms with van der Waals surface area (Å²) >= 11 is 0. The van der Waals surface area contributed by atoms with E-state index in [1.807, 2.05) is 36.4 Å². The van der Waals surface area contributed by atoms with E-state index in [1.54, 1.807) is 12.3 Å². The van der Waals surface area contributed by atoms with Crippen LogP contribution in [0.5, 0.6) is 5.75 Å². The molecule has 0 saturated heterocycles. The van der Waals surface area contributed by atoms with Crippen LogP contribution < -0.4 is 10.5 Å². The number of primary amides is 1. The smallest absolute Gasteiger partial charge is 0.255 e. The molecular weight excluding hydrogens is 264 g/mol. The summed E-state index contributed by atoms with van der Waals surface area (Å²) in [6.07, 6.45) is 1.72. The lowest BCUT2D eigenvalue weighted by atomic mass is 10.1. The summed E-state index contributed by atoms with van der Waals surface area (Å²) < 4.78 is 5.36. The fourth-order valence-electron chi connectivity index (χ4n) is 1.82. The third-order valence-electron chi connectivity index (χ3n) is 3.13. The van der Waals surface area contributed by atoms with E-state index >= 15 is 0 Å². The van der Waals surface area contributed by atoms with Crippen molar-refractivity contribution in [3.8, 4) is 5.75 Å². The molecule has 0 aliphatic heterocycles. The van der Waals surface area contributed by atoms with Crippen molar-refractivity contribution in [1.29, 1.82) is 0 Å². The maximum Gasteiger partial charge on any atom is 0.255 e. The average molecular weight is 282 g/mol. The van der Waals surface area contributed by atoms with E-state index in [0.717, 1.165) is 11.3 Å². The number of aliphatic imine (C=N–C) groups is 1. The van der Waals surface area contributed by atoms with E-state index in [-0.39, 0.29) is 6.61 Å². The Balaban J connectivity index is 2.20. The molecule has 0 fully saturated rings. The van der Waals surface area contributed by atoms with Gasteiger partial charge in [0, 0.05) is 11.8 Å². The summed E-state index contributed by atoms with van der Waals surface area (Å²) in [6.45, 7) is 3.97. The van der Waals surface area contributed by atoms with Gasteiger partial charge in [0.05, 0.1) is 5.69 Å². The molecule has 2 aromatic rings. The van der Waals surface area contributed by atoms with E-state index < -0.39 is 5.91 Å². The number of hydrogen-bond donors (Lipinski definition) is 1. The number of hydrogen-bond acceptors (Lipinski definition) is 3. The highest BCUT2D eigenvalue weighted by Gasteiger charge is 2.02. The van der Waals surface area contributed by atoms with Crippen LogP contribution in [-0.4, -0.2) is 18.7 Å². The van der Waals surface area contributed by atoms with Gasteiger partial charge in [-0.3, -0.25) is 9.79 Å². The van der Waals surface area contributed by atoms with E-state index in [9.17, 15) is 4.79 Å². The minimum Gasteiger partial charge on any atom is -0.483 e. The molecule has 0 aliphatic carbocycles. The maximum atomic E-state index is 10.8. The maximum absolute atomic E-state index is 10.8. The molecule has 0 atom stereocenters. The number of nitrogens with two attached hydrogens (primary N) is 1. The number of ether oxygens (including phenoxy) is 1. The van der Waals surface area contributed by atoms with Crippen LogP contribution >= 0.6 is 0 Å². The molecule has 4 heteroatoms. The van der Waals surface area contributed by atoms with Crippen LogP contribution in [0.15, 0.2) is 47.5 Å². The Labute approximate surface area is 124 Å². The van der Waals surface area contributed by atoms with Gasteiger partial charge in [-0.25, -0.2) is 0 Å². The van der Waals surface area contributed by atoms with Crippen molar-refractivity contribution >= 4 is 17.8 Å². The topological polar surface area (TPSA) is 64.7 Å². The highest BCUT2D eigenvalue weighted by molar-refractivity contribution is 5.85. The number of rotatable bonds is 5. The summed E-state index contributed by atoms with van der Waals surface area (Å²) in [6, 6.07) is 13.4. The number of benzene rings is 2. The molecule has 2 aromatic carbocycles. The van der Waals surface area contributed by atoms with Crippen LogP contribution in [0.2, 0.25) is 0 Å². The monoisotopic (exact) mass is 282 g/mol.